The molecule has 1 N–H and O–H groups in total. The standard InChI is InChI=1S/C14H16N4O/c15-9-11-3-1-2-4-12(11)18-8-7-17-6-5-16-10-13(17)14(18)19/h1-4,13,16H,5-8,10H2. The number of piperazine rings is 2. The van der Waals surface area contributed by atoms with E-state index in [4.69, 9.17) is 5.26 Å². The summed E-state index contributed by atoms with van der Waals surface area (Å²) in [6, 6.07) is 9.38. The Kier molecular flexibility index (Phi) is 3.20. The maximum absolute atomic E-state index is 12.6. The summed E-state index contributed by atoms with van der Waals surface area (Å²) in [5, 5.41) is 12.4. The Labute approximate surface area is 112 Å². The van der Waals surface area contributed by atoms with Gasteiger partial charge >= 0.3 is 0 Å². The first-order chi connectivity index (χ1) is 9.31. The number of nitrogens with zero attached hydrogens (tertiary/aromatic N) is 3. The fourth-order valence-corrected chi connectivity index (χ4v) is 2.82. The maximum atomic E-state index is 12.6. The molecule has 0 aromatic heterocycles. The summed E-state index contributed by atoms with van der Waals surface area (Å²) in [6.07, 6.45) is 0. The second-order valence-electron chi connectivity index (χ2n) is 4.87. The van der Waals surface area contributed by atoms with Crippen LogP contribution in [0.25, 0.3) is 0 Å². The quantitative estimate of drug-likeness (QED) is 0.778. The van der Waals surface area contributed by atoms with Gasteiger partial charge in [0.1, 0.15) is 12.1 Å². The van der Waals surface area contributed by atoms with Crippen LogP contribution >= 0.6 is 0 Å². The van der Waals surface area contributed by atoms with Crippen LogP contribution in [0.2, 0.25) is 0 Å². The molecule has 19 heavy (non-hydrogen) atoms. The van der Waals surface area contributed by atoms with Crippen LogP contribution in [0.5, 0.6) is 0 Å². The van der Waals surface area contributed by atoms with E-state index in [1.54, 1.807) is 11.0 Å². The van der Waals surface area contributed by atoms with Crippen LogP contribution in [0.4, 0.5) is 5.69 Å². The normalized spacial score (nSPS) is 23.8. The van der Waals surface area contributed by atoms with Gasteiger partial charge in [-0.05, 0) is 12.1 Å². The van der Waals surface area contributed by atoms with Crippen LogP contribution in [0.3, 0.4) is 0 Å². The van der Waals surface area contributed by atoms with Crippen LogP contribution < -0.4 is 10.2 Å². The van der Waals surface area contributed by atoms with Gasteiger partial charge in [0.25, 0.3) is 0 Å². The van der Waals surface area contributed by atoms with Gasteiger partial charge in [0, 0.05) is 32.7 Å². The molecule has 0 aliphatic carbocycles. The second-order valence-corrected chi connectivity index (χ2v) is 4.87. The van der Waals surface area contributed by atoms with Gasteiger partial charge < -0.3 is 10.2 Å². The third-order valence-electron chi connectivity index (χ3n) is 3.83. The van der Waals surface area contributed by atoms with E-state index in [1.165, 1.54) is 0 Å². The predicted octanol–water partition coefficient (Wildman–Crippen LogP) is 0.179. The van der Waals surface area contributed by atoms with Crippen molar-refractivity contribution in [3.63, 3.8) is 0 Å². The molecule has 1 amide bonds. The lowest BCUT2D eigenvalue weighted by Crippen LogP contribution is -2.64. The number of carbonyl (C=O) groups excluding carboxylic acids is 1. The highest BCUT2D eigenvalue weighted by atomic mass is 16.2. The minimum Gasteiger partial charge on any atom is -0.313 e. The highest BCUT2D eigenvalue weighted by Gasteiger charge is 2.37. The first-order valence-corrected chi connectivity index (χ1v) is 6.56. The first kappa shape index (κ1) is 12.2. The molecule has 0 spiro atoms. The molecule has 0 radical (unpaired) electrons. The molecule has 98 valence electrons. The molecular weight excluding hydrogens is 240 g/mol. The lowest BCUT2D eigenvalue weighted by Gasteiger charge is -2.43. The number of carbonyl (C=O) groups is 1. The fourth-order valence-electron chi connectivity index (χ4n) is 2.82. The van der Waals surface area contributed by atoms with Crippen molar-refractivity contribution in [2.24, 2.45) is 0 Å². The molecule has 2 fully saturated rings. The van der Waals surface area contributed by atoms with Gasteiger partial charge in [-0.2, -0.15) is 5.26 Å². The Bertz CT molecular complexity index is 536. The molecule has 2 saturated heterocycles. The topological polar surface area (TPSA) is 59.4 Å². The number of hydrogen-bond acceptors (Lipinski definition) is 4. The highest BCUT2D eigenvalue weighted by Crippen LogP contribution is 2.24. The largest absolute Gasteiger partial charge is 0.313 e. The number of rotatable bonds is 1. The van der Waals surface area contributed by atoms with Gasteiger partial charge in [0.2, 0.25) is 5.91 Å². The molecule has 2 aliphatic heterocycles. The molecule has 0 bridgehead atoms. The number of nitriles is 1. The maximum Gasteiger partial charge on any atom is 0.245 e. The lowest BCUT2D eigenvalue weighted by molar-refractivity contribution is -0.126. The van der Waals surface area contributed by atoms with E-state index in [0.717, 1.165) is 25.3 Å². The van der Waals surface area contributed by atoms with Gasteiger partial charge in [0.15, 0.2) is 0 Å². The molecule has 3 rings (SSSR count). The van der Waals surface area contributed by atoms with Crippen molar-refractivity contribution >= 4 is 11.6 Å². The predicted molar refractivity (Wildman–Crippen MR) is 71.7 cm³/mol. The number of para-hydroxylation sites is 1. The zero-order valence-corrected chi connectivity index (χ0v) is 10.7. The van der Waals surface area contributed by atoms with Crippen molar-refractivity contribution in [1.82, 2.24) is 10.2 Å². The Morgan fingerprint density at radius 2 is 2.11 bits per heavy atom. The summed E-state index contributed by atoms with van der Waals surface area (Å²) in [5.74, 6) is 0.0983. The highest BCUT2D eigenvalue weighted by molar-refractivity contribution is 5.99. The molecule has 1 unspecified atom stereocenters. The number of amides is 1. The van der Waals surface area contributed by atoms with E-state index in [0.29, 0.717) is 18.7 Å². The fraction of sp³-hybridized carbons (Fsp3) is 0.429. The Hall–Kier alpha value is -1.90. The molecule has 1 aromatic carbocycles. The van der Waals surface area contributed by atoms with E-state index in [-0.39, 0.29) is 11.9 Å². The SMILES string of the molecule is N#Cc1ccccc1N1CCN2CCNCC2C1=O. The molecule has 5 heteroatoms. The number of fused-ring (bicyclic) bond motifs is 1. The molecular formula is C14H16N4O. The number of benzene rings is 1. The summed E-state index contributed by atoms with van der Waals surface area (Å²) in [7, 11) is 0. The van der Waals surface area contributed by atoms with Gasteiger partial charge in [-0.15, -0.1) is 0 Å². The summed E-state index contributed by atoms with van der Waals surface area (Å²) < 4.78 is 0. The van der Waals surface area contributed by atoms with E-state index >= 15 is 0 Å². The number of hydrogen-bond donors (Lipinski definition) is 1. The molecule has 5 nitrogen and oxygen atoms in total. The van der Waals surface area contributed by atoms with Gasteiger partial charge in [-0.3, -0.25) is 9.69 Å². The molecule has 2 heterocycles. The first-order valence-electron chi connectivity index (χ1n) is 6.56. The minimum atomic E-state index is -0.0887. The minimum absolute atomic E-state index is 0.0887. The van der Waals surface area contributed by atoms with Gasteiger partial charge in [-0.25, -0.2) is 0 Å². The van der Waals surface area contributed by atoms with Gasteiger partial charge in [0.05, 0.1) is 11.3 Å². The van der Waals surface area contributed by atoms with Crippen molar-refractivity contribution in [3.8, 4) is 6.07 Å². The summed E-state index contributed by atoms with van der Waals surface area (Å²) in [5.41, 5.74) is 1.30. The molecule has 1 atom stereocenters. The third kappa shape index (κ3) is 2.09. The Balaban J connectivity index is 1.90. The average molecular weight is 256 g/mol. The molecule has 2 aliphatic rings. The molecule has 1 aromatic rings. The summed E-state index contributed by atoms with van der Waals surface area (Å²) >= 11 is 0. The molecule has 0 saturated carbocycles. The Morgan fingerprint density at radius 1 is 1.26 bits per heavy atom. The monoisotopic (exact) mass is 256 g/mol. The number of anilines is 1. The van der Waals surface area contributed by atoms with E-state index in [1.807, 2.05) is 18.2 Å². The third-order valence-corrected chi connectivity index (χ3v) is 3.83. The van der Waals surface area contributed by atoms with E-state index in [9.17, 15) is 4.79 Å². The average Bonchev–Trinajstić information content (AvgIpc) is 2.48. The van der Waals surface area contributed by atoms with Crippen molar-refractivity contribution < 1.29 is 4.79 Å². The Morgan fingerprint density at radius 3 is 2.95 bits per heavy atom. The number of nitrogens with one attached hydrogen (secondary N) is 1. The van der Waals surface area contributed by atoms with Crippen LogP contribution in [0.1, 0.15) is 5.56 Å². The van der Waals surface area contributed by atoms with Crippen LogP contribution in [-0.2, 0) is 4.79 Å². The van der Waals surface area contributed by atoms with Crippen molar-refractivity contribution in [2.75, 3.05) is 37.6 Å². The second kappa shape index (κ2) is 5.00. The van der Waals surface area contributed by atoms with Crippen molar-refractivity contribution in [2.45, 2.75) is 6.04 Å². The summed E-state index contributed by atoms with van der Waals surface area (Å²) in [6.45, 7) is 4.10. The zero-order valence-electron chi connectivity index (χ0n) is 10.7. The van der Waals surface area contributed by atoms with E-state index < -0.39 is 0 Å². The van der Waals surface area contributed by atoms with Crippen molar-refractivity contribution in [3.05, 3.63) is 29.8 Å². The van der Waals surface area contributed by atoms with Crippen molar-refractivity contribution in [1.29, 1.82) is 5.26 Å². The van der Waals surface area contributed by atoms with Crippen LogP contribution in [0, 0.1) is 11.3 Å². The van der Waals surface area contributed by atoms with Gasteiger partial charge in [-0.1, -0.05) is 12.1 Å². The van der Waals surface area contributed by atoms with Crippen LogP contribution in [-0.4, -0.2) is 49.6 Å². The zero-order chi connectivity index (χ0) is 13.2. The van der Waals surface area contributed by atoms with E-state index in [2.05, 4.69) is 16.3 Å². The summed E-state index contributed by atoms with van der Waals surface area (Å²) in [4.78, 5) is 16.5. The van der Waals surface area contributed by atoms with Crippen LogP contribution in [0.15, 0.2) is 24.3 Å². The lowest BCUT2D eigenvalue weighted by atomic mass is 10.1. The smallest absolute Gasteiger partial charge is 0.245 e.